The quantitative estimate of drug-likeness (QED) is 0.661. The van der Waals surface area contributed by atoms with Crippen molar-refractivity contribution in [3.8, 4) is 0 Å². The van der Waals surface area contributed by atoms with Gasteiger partial charge in [0, 0.05) is 18.7 Å². The molecule has 2 aliphatic heterocycles. The molecule has 0 radical (unpaired) electrons. The molecule has 2 saturated heterocycles. The summed E-state index contributed by atoms with van der Waals surface area (Å²) in [5.41, 5.74) is -0.375. The lowest BCUT2D eigenvalue weighted by Crippen LogP contribution is -2.65. The number of alkyl halides is 3. The Morgan fingerprint density at radius 1 is 1.16 bits per heavy atom. The molecular formula is C20H16ClF4N3O3. The van der Waals surface area contributed by atoms with Crippen LogP contribution in [0.15, 0.2) is 36.5 Å². The number of aromatic nitrogens is 1. The molecule has 0 aliphatic carbocycles. The van der Waals surface area contributed by atoms with Gasteiger partial charge in [0.1, 0.15) is 12.6 Å². The lowest BCUT2D eigenvalue weighted by molar-refractivity contribution is -0.155. The molecule has 0 bridgehead atoms. The number of benzene rings is 1. The molecule has 2 aliphatic rings. The number of amides is 2. The van der Waals surface area contributed by atoms with Crippen LogP contribution >= 0.6 is 11.6 Å². The Kier molecular flexibility index (Phi) is 5.61. The minimum Gasteiger partial charge on any atom is -0.380 e. The topological polar surface area (TPSA) is 62.7 Å². The summed E-state index contributed by atoms with van der Waals surface area (Å²) in [5.74, 6) is -2.47. The van der Waals surface area contributed by atoms with E-state index in [9.17, 15) is 27.2 Å². The average molecular weight is 458 g/mol. The van der Waals surface area contributed by atoms with Crippen molar-refractivity contribution in [2.75, 3.05) is 24.7 Å². The number of ether oxygens (including phenoxy) is 1. The highest BCUT2D eigenvalue weighted by Gasteiger charge is 2.47. The molecule has 3 heterocycles. The second-order valence-corrected chi connectivity index (χ2v) is 7.78. The van der Waals surface area contributed by atoms with Gasteiger partial charge in [-0.2, -0.15) is 13.2 Å². The summed E-state index contributed by atoms with van der Waals surface area (Å²) in [5, 5.41) is 0.0462. The van der Waals surface area contributed by atoms with E-state index < -0.39 is 42.0 Å². The molecule has 2 fully saturated rings. The third kappa shape index (κ3) is 4.22. The lowest BCUT2D eigenvalue weighted by atomic mass is 9.92. The van der Waals surface area contributed by atoms with Gasteiger partial charge in [0.15, 0.2) is 11.6 Å². The zero-order valence-electron chi connectivity index (χ0n) is 15.9. The number of nitrogens with zero attached hydrogens (tertiary/aromatic N) is 3. The Morgan fingerprint density at radius 2 is 1.84 bits per heavy atom. The lowest BCUT2D eigenvalue weighted by Gasteiger charge is -2.45. The molecule has 31 heavy (non-hydrogen) atoms. The van der Waals surface area contributed by atoms with Crippen LogP contribution in [0.5, 0.6) is 0 Å². The van der Waals surface area contributed by atoms with Crippen molar-refractivity contribution < 1.29 is 31.9 Å². The normalized spacial score (nSPS) is 20.2. The predicted octanol–water partition coefficient (Wildman–Crippen LogP) is 3.28. The number of carbonyl (C=O) groups is 2. The van der Waals surface area contributed by atoms with E-state index in [1.54, 1.807) is 0 Å². The van der Waals surface area contributed by atoms with Crippen molar-refractivity contribution in [2.24, 2.45) is 5.92 Å². The van der Waals surface area contributed by atoms with Gasteiger partial charge < -0.3 is 9.64 Å². The SMILES string of the molecule is O=C1C(C2COC2)N(Cc2ccc(C(F)(F)F)cc2)C(=O)CN1c1ncc(Cl)cc1F. The Labute approximate surface area is 179 Å². The van der Waals surface area contributed by atoms with E-state index in [-0.39, 0.29) is 36.5 Å². The first-order valence-electron chi connectivity index (χ1n) is 9.31. The molecule has 4 rings (SSSR count). The second-order valence-electron chi connectivity index (χ2n) is 7.34. The Hall–Kier alpha value is -2.72. The van der Waals surface area contributed by atoms with Gasteiger partial charge in [-0.1, -0.05) is 23.7 Å². The maximum absolute atomic E-state index is 14.4. The van der Waals surface area contributed by atoms with Crippen LogP contribution in [0.4, 0.5) is 23.4 Å². The van der Waals surface area contributed by atoms with Crippen molar-refractivity contribution in [3.05, 3.63) is 58.5 Å². The zero-order chi connectivity index (χ0) is 22.3. The van der Waals surface area contributed by atoms with Crippen LogP contribution in [0, 0.1) is 11.7 Å². The van der Waals surface area contributed by atoms with Crippen LogP contribution in [0.2, 0.25) is 5.02 Å². The first kappa shape index (κ1) is 21.5. The van der Waals surface area contributed by atoms with Crippen molar-refractivity contribution in [2.45, 2.75) is 18.8 Å². The summed E-state index contributed by atoms with van der Waals surface area (Å²) in [6.45, 7) is -0.0432. The fourth-order valence-electron chi connectivity index (χ4n) is 3.61. The number of pyridine rings is 1. The first-order chi connectivity index (χ1) is 14.6. The molecule has 1 atom stereocenters. The van der Waals surface area contributed by atoms with Gasteiger partial charge in [-0.3, -0.25) is 14.5 Å². The molecule has 2 aromatic rings. The fraction of sp³-hybridized carbons (Fsp3) is 0.350. The van der Waals surface area contributed by atoms with Crippen LogP contribution in [0.25, 0.3) is 0 Å². The third-order valence-corrected chi connectivity index (χ3v) is 5.46. The van der Waals surface area contributed by atoms with E-state index >= 15 is 0 Å². The van der Waals surface area contributed by atoms with Gasteiger partial charge in [-0.15, -0.1) is 0 Å². The smallest absolute Gasteiger partial charge is 0.380 e. The van der Waals surface area contributed by atoms with E-state index in [1.165, 1.54) is 23.2 Å². The summed E-state index contributed by atoms with van der Waals surface area (Å²) < 4.78 is 57.9. The van der Waals surface area contributed by atoms with Gasteiger partial charge in [0.25, 0.3) is 5.91 Å². The molecule has 1 aromatic heterocycles. The monoisotopic (exact) mass is 457 g/mol. The molecule has 0 N–H and O–H groups in total. The van der Waals surface area contributed by atoms with E-state index in [4.69, 9.17) is 16.3 Å². The van der Waals surface area contributed by atoms with Gasteiger partial charge in [0.2, 0.25) is 5.91 Å². The van der Waals surface area contributed by atoms with Crippen molar-refractivity contribution in [3.63, 3.8) is 0 Å². The maximum Gasteiger partial charge on any atom is 0.416 e. The van der Waals surface area contributed by atoms with Crippen molar-refractivity contribution >= 4 is 29.2 Å². The number of piperazine rings is 1. The van der Waals surface area contributed by atoms with Crippen LogP contribution in [-0.2, 0) is 27.0 Å². The van der Waals surface area contributed by atoms with Crippen molar-refractivity contribution in [1.82, 2.24) is 9.88 Å². The zero-order valence-corrected chi connectivity index (χ0v) is 16.7. The summed E-state index contributed by atoms with van der Waals surface area (Å²) in [7, 11) is 0. The number of hydrogen-bond donors (Lipinski definition) is 0. The standard InChI is InChI=1S/C20H16ClF4N3O3/c21-14-5-15(22)18(26-6-14)28-8-16(29)27(17(19(28)30)12-9-31-10-12)7-11-1-3-13(4-2-11)20(23,24)25/h1-6,12,17H,7-10H2. The fourth-order valence-corrected chi connectivity index (χ4v) is 3.76. The van der Waals surface area contributed by atoms with E-state index in [2.05, 4.69) is 4.98 Å². The largest absolute Gasteiger partial charge is 0.416 e. The Balaban J connectivity index is 1.61. The van der Waals surface area contributed by atoms with Crippen molar-refractivity contribution in [1.29, 1.82) is 0 Å². The molecule has 11 heteroatoms. The minimum atomic E-state index is -4.47. The second kappa shape index (κ2) is 8.08. The van der Waals surface area contributed by atoms with E-state index in [1.807, 2.05) is 0 Å². The Morgan fingerprint density at radius 3 is 2.39 bits per heavy atom. The molecule has 1 unspecified atom stereocenters. The molecule has 164 valence electrons. The Bertz CT molecular complexity index is 1010. The van der Waals surface area contributed by atoms with E-state index in [0.717, 1.165) is 23.1 Å². The van der Waals surface area contributed by atoms with E-state index in [0.29, 0.717) is 5.56 Å². The molecule has 6 nitrogen and oxygen atoms in total. The molecule has 1 aromatic carbocycles. The van der Waals surface area contributed by atoms with Gasteiger partial charge in [0.05, 0.1) is 23.8 Å². The number of hydrogen-bond acceptors (Lipinski definition) is 4. The number of carbonyl (C=O) groups excluding carboxylic acids is 2. The number of halogens is 5. The highest BCUT2D eigenvalue weighted by atomic mass is 35.5. The molecule has 0 spiro atoms. The highest BCUT2D eigenvalue weighted by molar-refractivity contribution is 6.30. The summed E-state index contributed by atoms with van der Waals surface area (Å²) in [6.07, 6.45) is -3.30. The summed E-state index contributed by atoms with van der Waals surface area (Å²) in [4.78, 5) is 32.3. The van der Waals surface area contributed by atoms with Crippen LogP contribution < -0.4 is 4.90 Å². The maximum atomic E-state index is 14.4. The predicted molar refractivity (Wildman–Crippen MR) is 102 cm³/mol. The highest BCUT2D eigenvalue weighted by Crippen LogP contribution is 2.32. The summed E-state index contributed by atoms with van der Waals surface area (Å²) >= 11 is 5.72. The third-order valence-electron chi connectivity index (χ3n) is 5.26. The first-order valence-corrected chi connectivity index (χ1v) is 9.68. The van der Waals surface area contributed by atoms with Gasteiger partial charge in [-0.05, 0) is 23.8 Å². The molecule has 2 amide bonds. The van der Waals surface area contributed by atoms with Crippen LogP contribution in [0.1, 0.15) is 11.1 Å². The van der Waals surface area contributed by atoms with Gasteiger partial charge >= 0.3 is 6.18 Å². The van der Waals surface area contributed by atoms with Crippen LogP contribution in [-0.4, -0.2) is 47.5 Å². The molecular weight excluding hydrogens is 442 g/mol. The number of rotatable bonds is 4. The minimum absolute atomic E-state index is 0.0462. The van der Waals surface area contributed by atoms with Crippen LogP contribution in [0.3, 0.4) is 0 Å². The average Bonchev–Trinajstić information content (AvgIpc) is 2.66. The molecule has 0 saturated carbocycles. The summed E-state index contributed by atoms with van der Waals surface area (Å²) in [6, 6.07) is 4.42. The van der Waals surface area contributed by atoms with Gasteiger partial charge in [-0.25, -0.2) is 9.37 Å². The number of anilines is 1.